The zero-order valence-corrected chi connectivity index (χ0v) is 17.3. The molecule has 2 aromatic carbocycles. The second-order valence-electron chi connectivity index (χ2n) is 6.10. The van der Waals surface area contributed by atoms with Gasteiger partial charge in [-0.05, 0) is 30.3 Å². The topological polar surface area (TPSA) is 83.0 Å². The molecule has 0 N–H and O–H groups in total. The number of methoxy groups -OCH3 is 1. The molecule has 0 unspecified atom stereocenters. The van der Waals surface area contributed by atoms with E-state index in [1.807, 2.05) is 25.1 Å². The van der Waals surface area contributed by atoms with Gasteiger partial charge in [0.2, 0.25) is 11.8 Å². The number of nitrogens with zero attached hydrogens (tertiary/aromatic N) is 4. The van der Waals surface area contributed by atoms with Gasteiger partial charge in [-0.25, -0.2) is 4.98 Å². The Morgan fingerprint density at radius 2 is 1.97 bits per heavy atom. The van der Waals surface area contributed by atoms with Gasteiger partial charge in [-0.3, -0.25) is 9.36 Å². The summed E-state index contributed by atoms with van der Waals surface area (Å²) in [4.78, 5) is 17.9. The number of benzene rings is 2. The summed E-state index contributed by atoms with van der Waals surface area (Å²) in [6, 6.07) is 12.4. The molecule has 148 valence electrons. The average Bonchev–Trinajstić information content (AvgIpc) is 3.20. The van der Waals surface area contributed by atoms with Crippen molar-refractivity contribution < 1.29 is 9.15 Å². The maximum absolute atomic E-state index is 13.3. The van der Waals surface area contributed by atoms with Crippen LogP contribution in [0.4, 0.5) is 0 Å². The summed E-state index contributed by atoms with van der Waals surface area (Å²) < 4.78 is 12.3. The molecule has 0 aliphatic carbocycles. The largest absolute Gasteiger partial charge is 0.495 e. The Kier molecular flexibility index (Phi) is 5.55. The van der Waals surface area contributed by atoms with Gasteiger partial charge in [-0.15, -0.1) is 10.2 Å². The van der Waals surface area contributed by atoms with Gasteiger partial charge in [-0.1, -0.05) is 42.4 Å². The Morgan fingerprint density at radius 1 is 1.17 bits per heavy atom. The highest BCUT2D eigenvalue weighted by Crippen LogP contribution is 2.29. The fraction of sp³-hybridized carbons (Fsp3) is 0.200. The summed E-state index contributed by atoms with van der Waals surface area (Å²) >= 11 is 7.64. The lowest BCUT2D eigenvalue weighted by Gasteiger charge is -2.14. The van der Waals surface area contributed by atoms with Gasteiger partial charge < -0.3 is 9.15 Å². The van der Waals surface area contributed by atoms with Crippen LogP contribution in [-0.4, -0.2) is 26.9 Å². The number of halogens is 1. The first-order chi connectivity index (χ1) is 14.1. The van der Waals surface area contributed by atoms with Crippen molar-refractivity contribution in [3.05, 3.63) is 69.6 Å². The SMILES string of the molecule is CCc1nnc(CSc2nc3ccccc3c(=O)n2-c2ccc(OC)c(Cl)c2)o1. The normalized spacial score (nSPS) is 11.1. The van der Waals surface area contributed by atoms with Crippen molar-refractivity contribution in [1.82, 2.24) is 19.7 Å². The molecule has 4 rings (SSSR count). The van der Waals surface area contributed by atoms with Crippen LogP contribution < -0.4 is 10.3 Å². The molecule has 4 aromatic rings. The van der Waals surface area contributed by atoms with Crippen molar-refractivity contribution in [2.45, 2.75) is 24.3 Å². The number of para-hydroxylation sites is 1. The Balaban J connectivity index is 1.82. The van der Waals surface area contributed by atoms with Gasteiger partial charge >= 0.3 is 0 Å². The van der Waals surface area contributed by atoms with Gasteiger partial charge in [0.25, 0.3) is 5.56 Å². The monoisotopic (exact) mass is 428 g/mol. The first-order valence-corrected chi connectivity index (χ1v) is 10.3. The number of fused-ring (bicyclic) bond motifs is 1. The molecule has 9 heteroatoms. The third-order valence-corrected chi connectivity index (χ3v) is 5.49. The first-order valence-electron chi connectivity index (χ1n) is 8.90. The van der Waals surface area contributed by atoms with Gasteiger partial charge in [0.05, 0.1) is 34.5 Å². The van der Waals surface area contributed by atoms with Crippen LogP contribution in [0.15, 0.2) is 56.8 Å². The molecule has 0 radical (unpaired) electrons. The van der Waals surface area contributed by atoms with Crippen molar-refractivity contribution in [2.75, 3.05) is 7.11 Å². The van der Waals surface area contributed by atoms with Gasteiger partial charge in [0.15, 0.2) is 5.16 Å². The standard InChI is InChI=1S/C20H17ClN4O3S/c1-3-17-23-24-18(28-17)11-29-20-22-15-7-5-4-6-13(15)19(26)25(20)12-8-9-16(27-2)14(21)10-12/h4-10H,3,11H2,1-2H3. The van der Waals surface area contributed by atoms with E-state index >= 15 is 0 Å². The van der Waals surface area contributed by atoms with Crippen LogP contribution in [0.5, 0.6) is 5.75 Å². The van der Waals surface area contributed by atoms with E-state index in [0.29, 0.717) is 56.5 Å². The second-order valence-corrected chi connectivity index (χ2v) is 7.45. The van der Waals surface area contributed by atoms with E-state index in [0.717, 1.165) is 0 Å². The predicted octanol–water partition coefficient (Wildman–Crippen LogP) is 4.29. The molecule has 0 amide bonds. The van der Waals surface area contributed by atoms with Crippen LogP contribution in [-0.2, 0) is 12.2 Å². The lowest BCUT2D eigenvalue weighted by Crippen LogP contribution is -2.21. The third kappa shape index (κ3) is 3.86. The average molecular weight is 429 g/mol. The van der Waals surface area contributed by atoms with Gasteiger partial charge in [0, 0.05) is 6.42 Å². The number of ether oxygens (including phenoxy) is 1. The predicted molar refractivity (Wildman–Crippen MR) is 112 cm³/mol. The molecular formula is C20H17ClN4O3S. The second kappa shape index (κ2) is 8.26. The lowest BCUT2D eigenvalue weighted by molar-refractivity contribution is 0.415. The number of hydrogen-bond acceptors (Lipinski definition) is 7. The maximum atomic E-state index is 13.3. The van der Waals surface area contributed by atoms with Crippen LogP contribution in [0.1, 0.15) is 18.7 Å². The number of hydrogen-bond donors (Lipinski definition) is 0. The molecule has 0 spiro atoms. The van der Waals surface area contributed by atoms with Gasteiger partial charge in [-0.2, -0.15) is 0 Å². The van der Waals surface area contributed by atoms with Crippen molar-refractivity contribution >= 4 is 34.3 Å². The zero-order chi connectivity index (χ0) is 20.4. The van der Waals surface area contributed by atoms with Gasteiger partial charge in [0.1, 0.15) is 5.75 Å². The van der Waals surface area contributed by atoms with Crippen LogP contribution in [0.25, 0.3) is 16.6 Å². The smallest absolute Gasteiger partial charge is 0.266 e. The molecule has 2 aromatic heterocycles. The maximum Gasteiger partial charge on any atom is 0.266 e. The minimum absolute atomic E-state index is 0.181. The van der Waals surface area contributed by atoms with Crippen LogP contribution in [0.3, 0.4) is 0 Å². The van der Waals surface area contributed by atoms with Crippen molar-refractivity contribution in [3.63, 3.8) is 0 Å². The molecule has 2 heterocycles. The summed E-state index contributed by atoms with van der Waals surface area (Å²) in [5.41, 5.74) is 1.04. The summed E-state index contributed by atoms with van der Waals surface area (Å²) in [5.74, 6) is 1.98. The Labute approximate surface area is 175 Å². The number of rotatable bonds is 6. The number of aromatic nitrogens is 4. The van der Waals surface area contributed by atoms with Crippen LogP contribution >= 0.6 is 23.4 Å². The van der Waals surface area contributed by atoms with E-state index in [4.69, 9.17) is 20.8 Å². The lowest BCUT2D eigenvalue weighted by atomic mass is 10.2. The molecule has 0 saturated heterocycles. The molecule has 0 bridgehead atoms. The summed E-state index contributed by atoms with van der Waals surface area (Å²) in [5, 5.41) is 9.45. The first kappa shape index (κ1) is 19.5. The summed E-state index contributed by atoms with van der Waals surface area (Å²) in [6.45, 7) is 1.94. The number of aryl methyl sites for hydroxylation is 1. The third-order valence-electron chi connectivity index (χ3n) is 4.27. The highest BCUT2D eigenvalue weighted by Gasteiger charge is 2.16. The van der Waals surface area contributed by atoms with Crippen LogP contribution in [0, 0.1) is 0 Å². The molecule has 7 nitrogen and oxygen atoms in total. The van der Waals surface area contributed by atoms with E-state index in [1.54, 1.807) is 31.4 Å². The molecular weight excluding hydrogens is 412 g/mol. The summed E-state index contributed by atoms with van der Waals surface area (Å²) in [7, 11) is 1.54. The Morgan fingerprint density at radius 3 is 2.69 bits per heavy atom. The highest BCUT2D eigenvalue weighted by atomic mass is 35.5. The minimum Gasteiger partial charge on any atom is -0.495 e. The molecule has 0 aliphatic heterocycles. The van der Waals surface area contributed by atoms with Crippen molar-refractivity contribution in [3.8, 4) is 11.4 Å². The minimum atomic E-state index is -0.181. The molecule has 0 fully saturated rings. The van der Waals surface area contributed by atoms with E-state index in [1.165, 1.54) is 16.3 Å². The fourth-order valence-electron chi connectivity index (χ4n) is 2.85. The quantitative estimate of drug-likeness (QED) is 0.334. The molecule has 0 atom stereocenters. The van der Waals surface area contributed by atoms with Crippen molar-refractivity contribution in [2.24, 2.45) is 0 Å². The highest BCUT2D eigenvalue weighted by molar-refractivity contribution is 7.98. The van der Waals surface area contributed by atoms with Crippen molar-refractivity contribution in [1.29, 1.82) is 0 Å². The zero-order valence-electron chi connectivity index (χ0n) is 15.8. The molecule has 0 saturated carbocycles. The number of thioether (sulfide) groups is 1. The Hall–Kier alpha value is -2.84. The van der Waals surface area contributed by atoms with E-state index in [2.05, 4.69) is 15.2 Å². The molecule has 0 aliphatic rings. The summed E-state index contributed by atoms with van der Waals surface area (Å²) in [6.07, 6.45) is 0.668. The van der Waals surface area contributed by atoms with E-state index < -0.39 is 0 Å². The van der Waals surface area contributed by atoms with E-state index in [-0.39, 0.29) is 5.56 Å². The van der Waals surface area contributed by atoms with Crippen LogP contribution in [0.2, 0.25) is 5.02 Å². The Bertz CT molecular complexity index is 1240. The van der Waals surface area contributed by atoms with E-state index in [9.17, 15) is 4.79 Å². The fourth-order valence-corrected chi connectivity index (χ4v) is 3.95. The molecule has 29 heavy (non-hydrogen) atoms.